The van der Waals surface area contributed by atoms with E-state index >= 15 is 0 Å². The van der Waals surface area contributed by atoms with E-state index in [1.807, 2.05) is 0 Å². The lowest BCUT2D eigenvalue weighted by Crippen LogP contribution is -2.44. The van der Waals surface area contributed by atoms with Crippen LogP contribution in [-0.2, 0) is 11.2 Å². The molecule has 0 aromatic heterocycles. The van der Waals surface area contributed by atoms with Crippen molar-refractivity contribution in [2.24, 2.45) is 0 Å². The molecule has 2 heteroatoms. The molecule has 3 rings (SSSR count). The third-order valence-electron chi connectivity index (χ3n) is 4.12. The van der Waals surface area contributed by atoms with Crippen LogP contribution >= 0.6 is 0 Å². The van der Waals surface area contributed by atoms with Crippen molar-refractivity contribution in [3.63, 3.8) is 0 Å². The molecule has 17 heavy (non-hydrogen) atoms. The Bertz CT molecular complexity index is 421. The summed E-state index contributed by atoms with van der Waals surface area (Å²) in [5.41, 5.74) is 4.58. The molecule has 1 aliphatic heterocycles. The molecule has 1 aromatic carbocycles. The summed E-state index contributed by atoms with van der Waals surface area (Å²) in [6.07, 6.45) is 3.57. The fourth-order valence-corrected chi connectivity index (χ4v) is 3.07. The first-order valence-electron chi connectivity index (χ1n) is 6.61. The predicted octanol–water partition coefficient (Wildman–Crippen LogP) is 2.75. The van der Waals surface area contributed by atoms with Gasteiger partial charge >= 0.3 is 0 Å². The van der Waals surface area contributed by atoms with Gasteiger partial charge in [-0.2, -0.15) is 0 Å². The molecule has 0 amide bonds. The number of hydrogen-bond acceptors (Lipinski definition) is 2. The Morgan fingerprint density at radius 1 is 1.41 bits per heavy atom. The Balaban J connectivity index is 1.81. The quantitative estimate of drug-likeness (QED) is 0.845. The molecule has 1 aliphatic carbocycles. The summed E-state index contributed by atoms with van der Waals surface area (Å²) in [4.78, 5) is 0. The summed E-state index contributed by atoms with van der Waals surface area (Å²) in [6, 6.07) is 7.39. The van der Waals surface area contributed by atoms with E-state index in [4.69, 9.17) is 4.74 Å². The zero-order valence-electron chi connectivity index (χ0n) is 10.8. The first-order chi connectivity index (χ1) is 8.16. The van der Waals surface area contributed by atoms with Crippen molar-refractivity contribution in [1.82, 2.24) is 5.32 Å². The summed E-state index contributed by atoms with van der Waals surface area (Å²) < 4.78 is 5.52. The molecule has 0 spiro atoms. The molecule has 0 saturated carbocycles. The van der Waals surface area contributed by atoms with Crippen LogP contribution in [0.5, 0.6) is 0 Å². The normalized spacial score (nSPS) is 31.8. The van der Waals surface area contributed by atoms with Crippen LogP contribution < -0.4 is 5.32 Å². The van der Waals surface area contributed by atoms with Gasteiger partial charge in [0, 0.05) is 18.2 Å². The smallest absolute Gasteiger partial charge is 0.0646 e. The maximum Gasteiger partial charge on any atom is 0.0646 e. The topological polar surface area (TPSA) is 21.3 Å². The molecule has 2 atom stereocenters. The van der Waals surface area contributed by atoms with E-state index in [0.29, 0.717) is 6.04 Å². The van der Waals surface area contributed by atoms with Gasteiger partial charge < -0.3 is 10.1 Å². The second-order valence-electron chi connectivity index (χ2n) is 5.80. The molecule has 92 valence electrons. The fourth-order valence-electron chi connectivity index (χ4n) is 3.07. The van der Waals surface area contributed by atoms with Crippen molar-refractivity contribution >= 4 is 0 Å². The third-order valence-corrected chi connectivity index (χ3v) is 4.12. The largest absolute Gasteiger partial charge is 0.379 e. The second kappa shape index (κ2) is 4.11. The van der Waals surface area contributed by atoms with Crippen molar-refractivity contribution < 1.29 is 4.74 Å². The van der Waals surface area contributed by atoms with Gasteiger partial charge in [0.15, 0.2) is 0 Å². The lowest BCUT2D eigenvalue weighted by Gasteiger charge is -2.28. The number of hydrogen-bond donors (Lipinski definition) is 1. The zero-order valence-corrected chi connectivity index (χ0v) is 10.8. The Hall–Kier alpha value is -0.860. The van der Waals surface area contributed by atoms with Crippen molar-refractivity contribution in [3.8, 4) is 0 Å². The highest BCUT2D eigenvalue weighted by Crippen LogP contribution is 2.34. The first-order valence-corrected chi connectivity index (χ1v) is 6.61. The van der Waals surface area contributed by atoms with Gasteiger partial charge in [-0.1, -0.05) is 23.8 Å². The summed E-state index contributed by atoms with van der Waals surface area (Å²) in [7, 11) is 0. The van der Waals surface area contributed by atoms with Gasteiger partial charge in [-0.25, -0.2) is 0 Å². The van der Waals surface area contributed by atoms with Crippen molar-refractivity contribution in [2.45, 2.75) is 44.7 Å². The molecular weight excluding hydrogens is 210 g/mol. The molecule has 0 bridgehead atoms. The van der Waals surface area contributed by atoms with E-state index in [9.17, 15) is 0 Å². The standard InChI is InChI=1S/C15H21NO/c1-11-3-4-12-5-6-14(13(12)9-11)16-15(2)7-8-17-10-15/h3-4,9,14,16H,5-8,10H2,1-2H3/t14-,15+/m1/s1. The summed E-state index contributed by atoms with van der Waals surface area (Å²) >= 11 is 0. The number of rotatable bonds is 2. The maximum absolute atomic E-state index is 5.52. The van der Waals surface area contributed by atoms with Crippen LogP contribution in [0, 0.1) is 6.92 Å². The van der Waals surface area contributed by atoms with E-state index in [1.54, 1.807) is 0 Å². The summed E-state index contributed by atoms with van der Waals surface area (Å²) in [6.45, 7) is 6.21. The molecule has 0 radical (unpaired) electrons. The molecule has 1 N–H and O–H groups in total. The van der Waals surface area contributed by atoms with E-state index in [2.05, 4.69) is 37.4 Å². The van der Waals surface area contributed by atoms with E-state index in [1.165, 1.54) is 29.5 Å². The minimum atomic E-state index is 0.177. The van der Waals surface area contributed by atoms with Crippen LogP contribution in [0.2, 0.25) is 0 Å². The predicted molar refractivity (Wildman–Crippen MR) is 69.2 cm³/mol. The molecule has 1 heterocycles. The van der Waals surface area contributed by atoms with Gasteiger partial charge in [0.1, 0.15) is 0 Å². The van der Waals surface area contributed by atoms with Crippen LogP contribution in [0.1, 0.15) is 42.5 Å². The maximum atomic E-state index is 5.52. The molecule has 1 aromatic rings. The van der Waals surface area contributed by atoms with Crippen LogP contribution in [0.15, 0.2) is 18.2 Å². The van der Waals surface area contributed by atoms with Gasteiger partial charge in [0.05, 0.1) is 6.61 Å². The van der Waals surface area contributed by atoms with E-state index in [-0.39, 0.29) is 5.54 Å². The number of nitrogens with one attached hydrogen (secondary N) is 1. The average molecular weight is 231 g/mol. The monoisotopic (exact) mass is 231 g/mol. The molecule has 2 aliphatic rings. The van der Waals surface area contributed by atoms with Crippen LogP contribution in [0.3, 0.4) is 0 Å². The minimum absolute atomic E-state index is 0.177. The number of aryl methyl sites for hydroxylation is 2. The van der Waals surface area contributed by atoms with E-state index < -0.39 is 0 Å². The second-order valence-corrected chi connectivity index (χ2v) is 5.80. The molecule has 1 saturated heterocycles. The molecule has 0 unspecified atom stereocenters. The fraction of sp³-hybridized carbons (Fsp3) is 0.600. The number of ether oxygens (including phenoxy) is 1. The lowest BCUT2D eigenvalue weighted by atomic mass is 9.97. The highest BCUT2D eigenvalue weighted by molar-refractivity contribution is 5.37. The van der Waals surface area contributed by atoms with Crippen molar-refractivity contribution in [2.75, 3.05) is 13.2 Å². The van der Waals surface area contributed by atoms with Gasteiger partial charge in [-0.15, -0.1) is 0 Å². The Morgan fingerprint density at radius 3 is 3.06 bits per heavy atom. The summed E-state index contributed by atoms with van der Waals surface area (Å²) in [5.74, 6) is 0. The minimum Gasteiger partial charge on any atom is -0.379 e. The number of fused-ring (bicyclic) bond motifs is 1. The molecule has 2 nitrogen and oxygen atoms in total. The highest BCUT2D eigenvalue weighted by Gasteiger charge is 2.34. The van der Waals surface area contributed by atoms with Gasteiger partial charge in [-0.3, -0.25) is 0 Å². The average Bonchev–Trinajstić information content (AvgIpc) is 2.87. The highest BCUT2D eigenvalue weighted by atomic mass is 16.5. The SMILES string of the molecule is Cc1ccc2c(c1)[C@H](N[C@@]1(C)CCOC1)CC2. The lowest BCUT2D eigenvalue weighted by molar-refractivity contribution is 0.166. The van der Waals surface area contributed by atoms with Crippen molar-refractivity contribution in [1.29, 1.82) is 0 Å². The van der Waals surface area contributed by atoms with E-state index in [0.717, 1.165) is 19.6 Å². The van der Waals surface area contributed by atoms with Crippen molar-refractivity contribution in [3.05, 3.63) is 34.9 Å². The first kappa shape index (κ1) is 11.2. The Labute approximate surface area is 103 Å². The third kappa shape index (κ3) is 2.12. The van der Waals surface area contributed by atoms with Crippen LogP contribution in [0.25, 0.3) is 0 Å². The van der Waals surface area contributed by atoms with Crippen LogP contribution in [0.4, 0.5) is 0 Å². The summed E-state index contributed by atoms with van der Waals surface area (Å²) in [5, 5.41) is 3.81. The van der Waals surface area contributed by atoms with Gasteiger partial charge in [0.25, 0.3) is 0 Å². The molecular formula is C15H21NO. The van der Waals surface area contributed by atoms with Gasteiger partial charge in [0.2, 0.25) is 0 Å². The molecule has 1 fully saturated rings. The Kier molecular flexibility index (Phi) is 2.72. The number of benzene rings is 1. The van der Waals surface area contributed by atoms with Gasteiger partial charge in [-0.05, 0) is 44.2 Å². The Morgan fingerprint density at radius 2 is 2.29 bits per heavy atom. The zero-order chi connectivity index (χ0) is 11.9. The van der Waals surface area contributed by atoms with Crippen LogP contribution in [-0.4, -0.2) is 18.8 Å².